The molecule has 0 unspecified atom stereocenters. The van der Waals surface area contributed by atoms with Gasteiger partial charge in [0.05, 0.1) is 11.4 Å². The van der Waals surface area contributed by atoms with Crippen molar-refractivity contribution in [3.8, 4) is 11.5 Å². The third-order valence-electron chi connectivity index (χ3n) is 5.18. The normalized spacial score (nSPS) is 14.2. The highest BCUT2D eigenvalue weighted by Gasteiger charge is 2.21. The maximum atomic E-state index is 13.4. The van der Waals surface area contributed by atoms with Crippen LogP contribution in [0.25, 0.3) is 11.5 Å². The van der Waals surface area contributed by atoms with Crippen LogP contribution in [0, 0.1) is 12.7 Å². The van der Waals surface area contributed by atoms with E-state index < -0.39 is 0 Å². The van der Waals surface area contributed by atoms with Crippen LogP contribution in [0.15, 0.2) is 59.0 Å². The van der Waals surface area contributed by atoms with Crippen LogP contribution >= 0.6 is 11.8 Å². The van der Waals surface area contributed by atoms with Gasteiger partial charge >= 0.3 is 0 Å². The van der Waals surface area contributed by atoms with Gasteiger partial charge in [0.15, 0.2) is 0 Å². The number of halogens is 1. The lowest BCUT2D eigenvalue weighted by molar-refractivity contribution is -0.128. The highest BCUT2D eigenvalue weighted by Crippen LogP contribution is 2.25. The highest BCUT2D eigenvalue weighted by molar-refractivity contribution is 7.99. The van der Waals surface area contributed by atoms with Gasteiger partial charge in [0, 0.05) is 43.2 Å². The lowest BCUT2D eigenvalue weighted by atomic mass is 10.2. The summed E-state index contributed by atoms with van der Waals surface area (Å²) in [7, 11) is 0. The van der Waals surface area contributed by atoms with Gasteiger partial charge < -0.3 is 14.2 Å². The molecule has 0 aliphatic carbocycles. The minimum atomic E-state index is -0.322. The molecule has 5 nitrogen and oxygen atoms in total. The van der Waals surface area contributed by atoms with Gasteiger partial charge in [-0.3, -0.25) is 4.79 Å². The molecule has 0 bridgehead atoms. The van der Waals surface area contributed by atoms with Crippen LogP contribution in [-0.4, -0.2) is 47.7 Å². The molecule has 2 aromatic carbocycles. The molecule has 30 heavy (non-hydrogen) atoms. The molecule has 0 atom stereocenters. The van der Waals surface area contributed by atoms with E-state index >= 15 is 0 Å². The van der Waals surface area contributed by atoms with Crippen molar-refractivity contribution < 1.29 is 13.6 Å². The maximum absolute atomic E-state index is 13.4. The Hall–Kier alpha value is -2.80. The Balaban J connectivity index is 1.26. The molecule has 1 aliphatic heterocycles. The summed E-state index contributed by atoms with van der Waals surface area (Å²) >= 11 is 1.53. The van der Waals surface area contributed by atoms with Gasteiger partial charge in [-0.05, 0) is 37.3 Å². The van der Waals surface area contributed by atoms with Crippen molar-refractivity contribution in [1.82, 2.24) is 9.88 Å². The molecule has 3 aromatic rings. The summed E-state index contributed by atoms with van der Waals surface area (Å²) in [5.74, 6) is 1.93. The number of piperazine rings is 1. The number of benzene rings is 2. The smallest absolute Gasteiger partial charge is 0.232 e. The zero-order chi connectivity index (χ0) is 20.9. The molecule has 1 fully saturated rings. The summed E-state index contributed by atoms with van der Waals surface area (Å²) in [4.78, 5) is 21.3. The Morgan fingerprint density at radius 3 is 2.60 bits per heavy atom. The van der Waals surface area contributed by atoms with Crippen molar-refractivity contribution in [2.75, 3.05) is 36.8 Å². The molecular formula is C23H24FN3O2S. The van der Waals surface area contributed by atoms with Crippen molar-refractivity contribution in [2.24, 2.45) is 0 Å². The van der Waals surface area contributed by atoms with E-state index in [4.69, 9.17) is 4.42 Å². The van der Waals surface area contributed by atoms with E-state index in [1.165, 1.54) is 29.6 Å². The maximum Gasteiger partial charge on any atom is 0.232 e. The Morgan fingerprint density at radius 2 is 1.87 bits per heavy atom. The fourth-order valence-electron chi connectivity index (χ4n) is 3.49. The van der Waals surface area contributed by atoms with Crippen LogP contribution in [0.4, 0.5) is 10.1 Å². The van der Waals surface area contributed by atoms with Gasteiger partial charge in [0.1, 0.15) is 11.6 Å². The van der Waals surface area contributed by atoms with Gasteiger partial charge in [-0.2, -0.15) is 0 Å². The molecule has 1 aliphatic rings. The van der Waals surface area contributed by atoms with Gasteiger partial charge in [-0.25, -0.2) is 9.37 Å². The number of aromatic nitrogens is 1. The van der Waals surface area contributed by atoms with Crippen LogP contribution in [0.1, 0.15) is 11.5 Å². The number of carbonyl (C=O) groups is 1. The molecule has 1 amide bonds. The Bertz CT molecular complexity index is 1000. The van der Waals surface area contributed by atoms with E-state index in [9.17, 15) is 9.18 Å². The number of hydrogen-bond donors (Lipinski definition) is 0. The standard InChI is InChI=1S/C23H24FN3O2S/c1-17-21(25-23(29-17)18-6-5-7-19(24)14-18)15-30-16-22(28)27-12-10-26(11-13-27)20-8-3-2-4-9-20/h2-9,14H,10-13,15-16H2,1H3. The highest BCUT2D eigenvalue weighted by atomic mass is 32.2. The first kappa shape index (κ1) is 20.5. The van der Waals surface area contributed by atoms with Crippen molar-refractivity contribution in [1.29, 1.82) is 0 Å². The Morgan fingerprint density at radius 1 is 1.10 bits per heavy atom. The van der Waals surface area contributed by atoms with Crippen LogP contribution in [0.5, 0.6) is 0 Å². The van der Waals surface area contributed by atoms with Crippen LogP contribution in [0.3, 0.4) is 0 Å². The Labute approximate surface area is 179 Å². The first-order valence-corrected chi connectivity index (χ1v) is 11.1. The second-order valence-electron chi connectivity index (χ2n) is 7.23. The molecule has 2 heterocycles. The molecule has 7 heteroatoms. The lowest BCUT2D eigenvalue weighted by Gasteiger charge is -2.36. The molecule has 4 rings (SSSR count). The van der Waals surface area contributed by atoms with Crippen LogP contribution in [0.2, 0.25) is 0 Å². The molecule has 156 valence electrons. The van der Waals surface area contributed by atoms with Gasteiger partial charge in [0.2, 0.25) is 11.8 Å². The molecular weight excluding hydrogens is 401 g/mol. The van der Waals surface area contributed by atoms with Crippen molar-refractivity contribution in [3.63, 3.8) is 0 Å². The topological polar surface area (TPSA) is 49.6 Å². The summed E-state index contributed by atoms with van der Waals surface area (Å²) in [5.41, 5.74) is 2.61. The number of aryl methyl sites for hydroxylation is 1. The van der Waals surface area contributed by atoms with E-state index in [1.807, 2.05) is 30.0 Å². The fraction of sp³-hybridized carbons (Fsp3) is 0.304. The van der Waals surface area contributed by atoms with E-state index in [-0.39, 0.29) is 11.7 Å². The molecule has 1 saturated heterocycles. The van der Waals surface area contributed by atoms with Gasteiger partial charge in [0.25, 0.3) is 0 Å². The monoisotopic (exact) mass is 425 g/mol. The third kappa shape index (κ3) is 4.84. The second-order valence-corrected chi connectivity index (χ2v) is 8.21. The summed E-state index contributed by atoms with van der Waals surface area (Å²) in [6, 6.07) is 16.5. The number of thioether (sulfide) groups is 1. The number of para-hydroxylation sites is 1. The predicted molar refractivity (Wildman–Crippen MR) is 118 cm³/mol. The SMILES string of the molecule is Cc1oc(-c2cccc(F)c2)nc1CSCC(=O)N1CCN(c2ccccc2)CC1. The quantitative estimate of drug-likeness (QED) is 0.587. The minimum absolute atomic E-state index is 0.152. The van der Waals surface area contributed by atoms with E-state index in [0.29, 0.717) is 28.7 Å². The zero-order valence-electron chi connectivity index (χ0n) is 16.9. The zero-order valence-corrected chi connectivity index (χ0v) is 17.7. The molecule has 0 saturated carbocycles. The van der Waals surface area contributed by atoms with Crippen LogP contribution in [-0.2, 0) is 10.5 Å². The first-order valence-electron chi connectivity index (χ1n) is 9.98. The summed E-state index contributed by atoms with van der Waals surface area (Å²) in [6.45, 7) is 5.01. The predicted octanol–water partition coefficient (Wildman–Crippen LogP) is 4.37. The largest absolute Gasteiger partial charge is 0.441 e. The van der Waals surface area contributed by atoms with Crippen molar-refractivity contribution >= 4 is 23.4 Å². The molecule has 0 spiro atoms. The molecule has 1 aromatic heterocycles. The number of rotatable bonds is 6. The number of carbonyl (C=O) groups excluding carboxylic acids is 1. The molecule has 0 radical (unpaired) electrons. The number of hydrogen-bond acceptors (Lipinski definition) is 5. The third-order valence-corrected chi connectivity index (χ3v) is 6.11. The van der Waals surface area contributed by atoms with E-state index in [2.05, 4.69) is 22.0 Å². The van der Waals surface area contributed by atoms with Crippen molar-refractivity contribution in [2.45, 2.75) is 12.7 Å². The Kier molecular flexibility index (Phi) is 6.38. The number of nitrogens with zero attached hydrogens (tertiary/aromatic N) is 3. The average Bonchev–Trinajstić information content (AvgIpc) is 3.15. The summed E-state index contributed by atoms with van der Waals surface area (Å²) < 4.78 is 19.1. The number of anilines is 1. The number of oxazole rings is 1. The summed E-state index contributed by atoms with van der Waals surface area (Å²) in [5, 5.41) is 0. The fourth-order valence-corrected chi connectivity index (χ4v) is 4.41. The first-order chi connectivity index (χ1) is 14.6. The second kappa shape index (κ2) is 9.34. The van der Waals surface area contributed by atoms with Gasteiger partial charge in [-0.1, -0.05) is 24.3 Å². The van der Waals surface area contributed by atoms with Crippen molar-refractivity contribution in [3.05, 3.63) is 71.9 Å². The number of amides is 1. The lowest BCUT2D eigenvalue weighted by Crippen LogP contribution is -2.49. The molecule has 0 N–H and O–H groups in total. The van der Waals surface area contributed by atoms with E-state index in [0.717, 1.165) is 31.9 Å². The van der Waals surface area contributed by atoms with E-state index in [1.54, 1.807) is 12.1 Å². The van der Waals surface area contributed by atoms with Gasteiger partial charge in [-0.15, -0.1) is 11.8 Å². The summed E-state index contributed by atoms with van der Waals surface area (Å²) in [6.07, 6.45) is 0. The van der Waals surface area contributed by atoms with Crippen LogP contribution < -0.4 is 4.90 Å². The minimum Gasteiger partial charge on any atom is -0.441 e. The average molecular weight is 426 g/mol.